The Morgan fingerprint density at radius 3 is 2.52 bits per heavy atom. The van der Waals surface area contributed by atoms with E-state index in [1.807, 2.05) is 0 Å². The summed E-state index contributed by atoms with van der Waals surface area (Å²) < 4.78 is 6.53. The lowest BCUT2D eigenvalue weighted by molar-refractivity contribution is 0.407. The number of aryl methyl sites for hydroxylation is 2. The number of nitrogens with zero attached hydrogens (tertiary/aromatic N) is 1. The molecular formula is C25H29NO. The van der Waals surface area contributed by atoms with Crippen molar-refractivity contribution in [1.29, 1.82) is 0 Å². The first-order valence-electron chi connectivity index (χ1n) is 9.84. The number of benzene rings is 2. The van der Waals surface area contributed by atoms with Crippen LogP contribution < -0.4 is 4.74 Å². The number of allylic oxidation sites excluding steroid dienone is 2. The summed E-state index contributed by atoms with van der Waals surface area (Å²) >= 11 is 0. The molecule has 0 saturated heterocycles. The molecule has 0 amide bonds. The summed E-state index contributed by atoms with van der Waals surface area (Å²) in [6, 6.07) is 6.82. The van der Waals surface area contributed by atoms with E-state index in [-0.39, 0.29) is 11.5 Å². The monoisotopic (exact) mass is 359 g/mol. The van der Waals surface area contributed by atoms with Gasteiger partial charge >= 0.3 is 0 Å². The molecule has 2 aromatic carbocycles. The van der Waals surface area contributed by atoms with Crippen molar-refractivity contribution in [1.82, 2.24) is 0 Å². The zero-order valence-corrected chi connectivity index (χ0v) is 17.5. The van der Waals surface area contributed by atoms with E-state index in [2.05, 4.69) is 79.3 Å². The second-order valence-electron chi connectivity index (χ2n) is 9.20. The third-order valence-electron chi connectivity index (χ3n) is 5.88. The van der Waals surface area contributed by atoms with E-state index >= 15 is 0 Å². The first kappa shape index (κ1) is 18.0. The summed E-state index contributed by atoms with van der Waals surface area (Å²) in [5.74, 6) is 2.15. The molecule has 2 heteroatoms. The minimum Gasteiger partial charge on any atom is -0.456 e. The van der Waals surface area contributed by atoms with Crippen LogP contribution in [0, 0.1) is 19.3 Å². The Bertz CT molecular complexity index is 1050. The molecule has 0 saturated carbocycles. The molecule has 140 valence electrons. The van der Waals surface area contributed by atoms with E-state index in [0.29, 0.717) is 5.92 Å². The van der Waals surface area contributed by atoms with Gasteiger partial charge in [-0.3, -0.25) is 4.99 Å². The highest BCUT2D eigenvalue weighted by Gasteiger charge is 2.37. The molecule has 2 aromatic rings. The molecule has 27 heavy (non-hydrogen) atoms. The van der Waals surface area contributed by atoms with E-state index in [4.69, 9.17) is 9.73 Å². The zero-order valence-electron chi connectivity index (χ0n) is 17.5. The highest BCUT2D eigenvalue weighted by molar-refractivity contribution is 6.21. The van der Waals surface area contributed by atoms with Crippen LogP contribution in [0.4, 0.5) is 0 Å². The molecule has 4 rings (SSSR count). The average Bonchev–Trinajstić information content (AvgIpc) is 2.57. The van der Waals surface area contributed by atoms with Crippen molar-refractivity contribution in [3.63, 3.8) is 0 Å². The lowest BCUT2D eigenvalue weighted by Crippen LogP contribution is -2.29. The van der Waals surface area contributed by atoms with Crippen molar-refractivity contribution in [2.45, 2.75) is 60.4 Å². The maximum Gasteiger partial charge on any atom is 0.140 e. The van der Waals surface area contributed by atoms with Crippen LogP contribution in [0.15, 0.2) is 47.2 Å². The maximum absolute atomic E-state index is 6.53. The number of ether oxygens (including phenoxy) is 1. The second kappa shape index (κ2) is 5.82. The van der Waals surface area contributed by atoms with Crippen LogP contribution in [0.2, 0.25) is 0 Å². The molecule has 0 aromatic heterocycles. The molecule has 0 spiro atoms. The average molecular weight is 360 g/mol. The van der Waals surface area contributed by atoms with Gasteiger partial charge in [0.25, 0.3) is 0 Å². The Balaban J connectivity index is 2.14. The van der Waals surface area contributed by atoms with Gasteiger partial charge in [-0.05, 0) is 54.2 Å². The van der Waals surface area contributed by atoms with Crippen molar-refractivity contribution >= 4 is 16.5 Å². The van der Waals surface area contributed by atoms with Crippen LogP contribution >= 0.6 is 0 Å². The molecule has 0 fully saturated rings. The van der Waals surface area contributed by atoms with Crippen LogP contribution in [0.5, 0.6) is 5.75 Å². The SMILES string of the molecule is C=C1C2=NC(C)C(C)c3c2c(c(C)c2c(C)cccc32)O/C1=C/C(C)(C)C. The summed E-state index contributed by atoms with van der Waals surface area (Å²) in [6.45, 7) is 19.8. The van der Waals surface area contributed by atoms with Gasteiger partial charge in [0.2, 0.25) is 0 Å². The Morgan fingerprint density at radius 2 is 1.85 bits per heavy atom. The predicted molar refractivity (Wildman–Crippen MR) is 115 cm³/mol. The van der Waals surface area contributed by atoms with Gasteiger partial charge in [0.1, 0.15) is 11.5 Å². The molecule has 0 aliphatic carbocycles. The van der Waals surface area contributed by atoms with Gasteiger partial charge in [-0.25, -0.2) is 0 Å². The van der Waals surface area contributed by atoms with E-state index in [1.165, 1.54) is 27.5 Å². The van der Waals surface area contributed by atoms with Gasteiger partial charge in [0.05, 0.1) is 11.8 Å². The first-order chi connectivity index (χ1) is 12.6. The summed E-state index contributed by atoms with van der Waals surface area (Å²) in [5, 5.41) is 2.65. The minimum absolute atomic E-state index is 0.00735. The molecule has 2 aliphatic heterocycles. The fourth-order valence-corrected chi connectivity index (χ4v) is 4.43. The van der Waals surface area contributed by atoms with Crippen LogP contribution in [-0.2, 0) is 0 Å². The van der Waals surface area contributed by atoms with Crippen molar-refractivity contribution in [3.05, 3.63) is 64.4 Å². The molecule has 0 bridgehead atoms. The molecule has 2 aliphatic rings. The molecular weight excluding hydrogens is 330 g/mol. The fourth-order valence-electron chi connectivity index (χ4n) is 4.43. The first-order valence-corrected chi connectivity index (χ1v) is 9.84. The Morgan fingerprint density at radius 1 is 1.15 bits per heavy atom. The molecule has 0 radical (unpaired) electrons. The minimum atomic E-state index is 0.00735. The van der Waals surface area contributed by atoms with Gasteiger partial charge < -0.3 is 4.74 Å². The van der Waals surface area contributed by atoms with Gasteiger partial charge in [0.15, 0.2) is 0 Å². The standard InChI is InChI=1S/C25H29NO/c1-13-10-9-11-18-20(13)16(4)24-22-21(18)14(2)17(5)26-23(22)15(3)19(27-24)12-25(6,7)8/h9-12,14,17H,3H2,1-2,4-8H3/b19-12+. The van der Waals surface area contributed by atoms with Crippen molar-refractivity contribution in [2.24, 2.45) is 10.4 Å². The topological polar surface area (TPSA) is 21.6 Å². The van der Waals surface area contributed by atoms with Crippen LogP contribution in [0.25, 0.3) is 10.8 Å². The number of aliphatic imine (C=N–C) groups is 1. The molecule has 2 nitrogen and oxygen atoms in total. The van der Waals surface area contributed by atoms with Gasteiger partial charge in [-0.1, -0.05) is 52.5 Å². The Hall–Kier alpha value is -2.35. The highest BCUT2D eigenvalue weighted by Crippen LogP contribution is 2.48. The maximum atomic E-state index is 6.53. The largest absolute Gasteiger partial charge is 0.456 e. The highest BCUT2D eigenvalue weighted by atomic mass is 16.5. The lowest BCUT2D eigenvalue weighted by Gasteiger charge is -2.36. The van der Waals surface area contributed by atoms with Crippen LogP contribution in [-0.4, -0.2) is 11.8 Å². The summed E-state index contributed by atoms with van der Waals surface area (Å²) in [4.78, 5) is 5.06. The number of hydrogen-bond donors (Lipinski definition) is 0. The molecule has 2 unspecified atom stereocenters. The second-order valence-corrected chi connectivity index (χ2v) is 9.20. The molecule has 0 N–H and O–H groups in total. The van der Waals surface area contributed by atoms with Crippen molar-refractivity contribution in [3.8, 4) is 5.75 Å². The summed E-state index contributed by atoms with van der Waals surface area (Å²) in [6.07, 6.45) is 2.17. The van der Waals surface area contributed by atoms with Crippen molar-refractivity contribution in [2.75, 3.05) is 0 Å². The van der Waals surface area contributed by atoms with Gasteiger partial charge in [0, 0.05) is 22.6 Å². The smallest absolute Gasteiger partial charge is 0.140 e. The normalized spacial score (nSPS) is 23.3. The molecule has 2 atom stereocenters. The van der Waals surface area contributed by atoms with E-state index < -0.39 is 0 Å². The van der Waals surface area contributed by atoms with E-state index in [0.717, 1.165) is 28.4 Å². The third-order valence-corrected chi connectivity index (χ3v) is 5.88. The Labute approximate surface area is 162 Å². The van der Waals surface area contributed by atoms with Gasteiger partial charge in [-0.15, -0.1) is 0 Å². The number of fused-ring (bicyclic) bond motifs is 2. The number of rotatable bonds is 0. The quantitative estimate of drug-likeness (QED) is 0.517. The van der Waals surface area contributed by atoms with Gasteiger partial charge in [-0.2, -0.15) is 0 Å². The predicted octanol–water partition coefficient (Wildman–Crippen LogP) is 6.63. The molecule has 2 heterocycles. The summed E-state index contributed by atoms with van der Waals surface area (Å²) in [7, 11) is 0. The Kier molecular flexibility index (Phi) is 3.89. The van der Waals surface area contributed by atoms with Crippen molar-refractivity contribution < 1.29 is 4.74 Å². The van der Waals surface area contributed by atoms with Crippen LogP contribution in [0.1, 0.15) is 62.8 Å². The fraction of sp³-hybridized carbons (Fsp3) is 0.400. The van der Waals surface area contributed by atoms with Crippen LogP contribution in [0.3, 0.4) is 0 Å². The zero-order chi connectivity index (χ0) is 19.7. The van der Waals surface area contributed by atoms with E-state index in [9.17, 15) is 0 Å². The lowest BCUT2D eigenvalue weighted by atomic mass is 9.77. The third kappa shape index (κ3) is 2.65. The summed E-state index contributed by atoms with van der Waals surface area (Å²) in [5.41, 5.74) is 6.94. The number of hydrogen-bond acceptors (Lipinski definition) is 2. The van der Waals surface area contributed by atoms with E-state index in [1.54, 1.807) is 0 Å².